The molecular formula is C10H18ClN3O2S. The molecule has 1 unspecified atom stereocenters. The molecule has 0 aromatic heterocycles. The first-order valence-electron chi connectivity index (χ1n) is 5.55. The molecule has 2 rings (SSSR count). The number of hydrogen-bond donors (Lipinski definition) is 1. The quantitative estimate of drug-likeness (QED) is 0.766. The zero-order chi connectivity index (χ0) is 11.5. The lowest BCUT2D eigenvalue weighted by Gasteiger charge is -2.31. The number of nitrogens with two attached hydrogens (primary N) is 1. The standard InChI is InChI=1S/C10H17N3O2S.ClH/c11-8-2-1-3-12(4-8)9(14)5-13-7-16-6-10(13)15;/h8H,1-7,11H2;1H. The van der Waals surface area contributed by atoms with E-state index in [9.17, 15) is 9.59 Å². The van der Waals surface area contributed by atoms with Crippen LogP contribution in [0.3, 0.4) is 0 Å². The Morgan fingerprint density at radius 2 is 2.29 bits per heavy atom. The maximum atomic E-state index is 11.9. The van der Waals surface area contributed by atoms with E-state index in [2.05, 4.69) is 0 Å². The molecule has 2 amide bonds. The van der Waals surface area contributed by atoms with Gasteiger partial charge in [0.15, 0.2) is 0 Å². The van der Waals surface area contributed by atoms with Gasteiger partial charge in [0.25, 0.3) is 0 Å². The average Bonchev–Trinajstić information content (AvgIpc) is 2.64. The number of amides is 2. The highest BCUT2D eigenvalue weighted by Crippen LogP contribution is 2.15. The zero-order valence-corrected chi connectivity index (χ0v) is 11.3. The fourth-order valence-corrected chi connectivity index (χ4v) is 2.94. The molecule has 2 aliphatic heterocycles. The molecule has 98 valence electrons. The van der Waals surface area contributed by atoms with Gasteiger partial charge in [-0.15, -0.1) is 24.2 Å². The maximum Gasteiger partial charge on any atom is 0.242 e. The van der Waals surface area contributed by atoms with E-state index >= 15 is 0 Å². The highest BCUT2D eigenvalue weighted by Gasteiger charge is 2.27. The second-order valence-electron chi connectivity index (χ2n) is 4.31. The molecule has 5 nitrogen and oxygen atoms in total. The van der Waals surface area contributed by atoms with Crippen molar-refractivity contribution in [1.29, 1.82) is 0 Å². The van der Waals surface area contributed by atoms with Crippen LogP contribution in [0.5, 0.6) is 0 Å². The van der Waals surface area contributed by atoms with E-state index in [1.54, 1.807) is 21.6 Å². The van der Waals surface area contributed by atoms with Gasteiger partial charge in [-0.05, 0) is 12.8 Å². The van der Waals surface area contributed by atoms with Crippen LogP contribution >= 0.6 is 24.2 Å². The first-order valence-corrected chi connectivity index (χ1v) is 6.71. The van der Waals surface area contributed by atoms with Crippen LogP contribution in [0.25, 0.3) is 0 Å². The summed E-state index contributed by atoms with van der Waals surface area (Å²) in [5.74, 6) is 1.25. The van der Waals surface area contributed by atoms with E-state index in [0.29, 0.717) is 18.2 Å². The Bertz CT molecular complexity index is 303. The van der Waals surface area contributed by atoms with Crippen molar-refractivity contribution in [2.75, 3.05) is 31.3 Å². The van der Waals surface area contributed by atoms with Crippen molar-refractivity contribution >= 4 is 36.0 Å². The van der Waals surface area contributed by atoms with Gasteiger partial charge >= 0.3 is 0 Å². The van der Waals surface area contributed by atoms with Crippen molar-refractivity contribution < 1.29 is 9.59 Å². The lowest BCUT2D eigenvalue weighted by atomic mass is 10.1. The van der Waals surface area contributed by atoms with Crippen LogP contribution < -0.4 is 5.73 Å². The first kappa shape index (κ1) is 14.6. The summed E-state index contributed by atoms with van der Waals surface area (Å²) in [7, 11) is 0. The van der Waals surface area contributed by atoms with Gasteiger partial charge in [-0.1, -0.05) is 0 Å². The lowest BCUT2D eigenvalue weighted by molar-refractivity contribution is -0.138. The molecule has 7 heteroatoms. The summed E-state index contributed by atoms with van der Waals surface area (Å²) in [5.41, 5.74) is 5.82. The van der Waals surface area contributed by atoms with E-state index < -0.39 is 0 Å². The summed E-state index contributed by atoms with van der Waals surface area (Å²) >= 11 is 1.56. The highest BCUT2D eigenvalue weighted by molar-refractivity contribution is 8.00. The van der Waals surface area contributed by atoms with Gasteiger partial charge in [0, 0.05) is 19.1 Å². The molecule has 2 aliphatic rings. The molecule has 0 aromatic rings. The number of halogens is 1. The van der Waals surface area contributed by atoms with Gasteiger partial charge in [-0.2, -0.15) is 0 Å². The topological polar surface area (TPSA) is 66.6 Å². The third-order valence-electron chi connectivity index (χ3n) is 2.96. The van der Waals surface area contributed by atoms with Crippen molar-refractivity contribution in [3.05, 3.63) is 0 Å². The van der Waals surface area contributed by atoms with Gasteiger partial charge < -0.3 is 15.5 Å². The third kappa shape index (κ3) is 3.76. The number of thioether (sulfide) groups is 1. The molecule has 0 bridgehead atoms. The Kier molecular flexibility index (Phi) is 5.55. The zero-order valence-electron chi connectivity index (χ0n) is 9.63. The third-order valence-corrected chi connectivity index (χ3v) is 3.91. The largest absolute Gasteiger partial charge is 0.340 e. The Labute approximate surface area is 111 Å². The number of carbonyl (C=O) groups is 2. The van der Waals surface area contributed by atoms with E-state index in [0.717, 1.165) is 19.4 Å². The van der Waals surface area contributed by atoms with Gasteiger partial charge in [-0.3, -0.25) is 9.59 Å². The lowest BCUT2D eigenvalue weighted by Crippen LogP contribution is -2.49. The Hall–Kier alpha value is -0.460. The Morgan fingerprint density at radius 1 is 1.53 bits per heavy atom. The molecule has 0 radical (unpaired) electrons. The minimum Gasteiger partial charge on any atom is -0.340 e. The minimum atomic E-state index is 0. The Morgan fingerprint density at radius 3 is 2.88 bits per heavy atom. The molecule has 1 atom stereocenters. The summed E-state index contributed by atoms with van der Waals surface area (Å²) in [6.45, 7) is 1.63. The predicted octanol–water partition coefficient (Wildman–Crippen LogP) is -0.109. The first-order chi connectivity index (χ1) is 7.66. The SMILES string of the molecule is Cl.NC1CCCN(C(=O)CN2CSCC2=O)C1. The van der Waals surface area contributed by atoms with Crippen LogP contribution in [0, 0.1) is 0 Å². The van der Waals surface area contributed by atoms with Crippen LogP contribution in [0.15, 0.2) is 0 Å². The smallest absolute Gasteiger partial charge is 0.242 e. The number of rotatable bonds is 2. The van der Waals surface area contributed by atoms with Crippen LogP contribution in [0.1, 0.15) is 12.8 Å². The number of carbonyl (C=O) groups excluding carboxylic acids is 2. The molecule has 2 saturated heterocycles. The fourth-order valence-electron chi connectivity index (χ4n) is 2.04. The predicted molar refractivity (Wildman–Crippen MR) is 70.1 cm³/mol. The van der Waals surface area contributed by atoms with Crippen LogP contribution in [-0.4, -0.2) is 58.9 Å². The van der Waals surface area contributed by atoms with Crippen LogP contribution in [0.4, 0.5) is 0 Å². The summed E-state index contributed by atoms with van der Waals surface area (Å²) in [5, 5.41) is 0. The van der Waals surface area contributed by atoms with Gasteiger partial charge in [0.1, 0.15) is 6.54 Å². The van der Waals surface area contributed by atoms with Gasteiger partial charge in [0.2, 0.25) is 11.8 Å². The molecule has 17 heavy (non-hydrogen) atoms. The highest BCUT2D eigenvalue weighted by atomic mass is 35.5. The van der Waals surface area contributed by atoms with Crippen LogP contribution in [0.2, 0.25) is 0 Å². The van der Waals surface area contributed by atoms with Crippen LogP contribution in [-0.2, 0) is 9.59 Å². The molecule has 2 N–H and O–H groups in total. The molecule has 0 spiro atoms. The molecule has 0 aliphatic carbocycles. The second-order valence-corrected chi connectivity index (χ2v) is 5.27. The monoisotopic (exact) mass is 279 g/mol. The number of likely N-dealkylation sites (tertiary alicyclic amines) is 1. The average molecular weight is 280 g/mol. The van der Waals surface area contributed by atoms with Crippen molar-refractivity contribution in [3.8, 4) is 0 Å². The number of piperidine rings is 1. The molecular weight excluding hydrogens is 262 g/mol. The van der Waals surface area contributed by atoms with E-state index in [1.807, 2.05) is 0 Å². The molecule has 0 aromatic carbocycles. The summed E-state index contributed by atoms with van der Waals surface area (Å²) in [4.78, 5) is 26.7. The van der Waals surface area contributed by atoms with Crippen molar-refractivity contribution in [2.45, 2.75) is 18.9 Å². The summed E-state index contributed by atoms with van der Waals surface area (Å²) < 4.78 is 0. The van der Waals surface area contributed by atoms with Gasteiger partial charge in [0.05, 0.1) is 11.6 Å². The number of nitrogens with zero attached hydrogens (tertiary/aromatic N) is 2. The fraction of sp³-hybridized carbons (Fsp3) is 0.800. The molecule has 2 heterocycles. The van der Waals surface area contributed by atoms with E-state index in [1.165, 1.54) is 0 Å². The summed E-state index contributed by atoms with van der Waals surface area (Å²) in [6.07, 6.45) is 1.96. The maximum absolute atomic E-state index is 11.9. The number of hydrogen-bond acceptors (Lipinski definition) is 4. The van der Waals surface area contributed by atoms with Crippen molar-refractivity contribution in [3.63, 3.8) is 0 Å². The van der Waals surface area contributed by atoms with Crippen molar-refractivity contribution in [2.24, 2.45) is 5.73 Å². The van der Waals surface area contributed by atoms with Gasteiger partial charge in [-0.25, -0.2) is 0 Å². The second kappa shape index (κ2) is 6.47. The minimum absolute atomic E-state index is 0. The van der Waals surface area contributed by atoms with E-state index in [4.69, 9.17) is 5.73 Å². The van der Waals surface area contributed by atoms with Crippen molar-refractivity contribution in [1.82, 2.24) is 9.80 Å². The Balaban J connectivity index is 0.00000144. The van der Waals surface area contributed by atoms with E-state index in [-0.39, 0.29) is 36.8 Å². The normalized spacial score (nSPS) is 24.8. The molecule has 2 fully saturated rings. The summed E-state index contributed by atoms with van der Waals surface area (Å²) in [6, 6.07) is 0.0985. The molecule has 0 saturated carbocycles.